The Balaban J connectivity index is 1.29. The molecule has 0 aliphatic carbocycles. The van der Waals surface area contributed by atoms with Crippen LogP contribution in [0.2, 0.25) is 0 Å². The summed E-state index contributed by atoms with van der Waals surface area (Å²) in [5.74, 6) is 0.854. The molecule has 38 heavy (non-hydrogen) atoms. The molecule has 2 aromatic carbocycles. The quantitative estimate of drug-likeness (QED) is 0.319. The third-order valence-electron chi connectivity index (χ3n) is 7.10. The fraction of sp³-hybridized carbons (Fsp3) is 0.517. The molecule has 0 bridgehead atoms. The SMILES string of the molecule is COc1cc(CN2CCN(C(=O)OC(C)(C)C)CC2)ccc1-c1ccc2c(c1)c(I)nn2C1CCCCO1. The van der Waals surface area contributed by atoms with Crippen molar-refractivity contribution in [2.45, 2.75) is 58.4 Å². The van der Waals surface area contributed by atoms with E-state index < -0.39 is 5.60 Å². The number of hydrogen-bond donors (Lipinski definition) is 0. The van der Waals surface area contributed by atoms with Crippen LogP contribution in [0.25, 0.3) is 22.0 Å². The molecule has 0 saturated carbocycles. The number of methoxy groups -OCH3 is 1. The van der Waals surface area contributed by atoms with Gasteiger partial charge in [-0.15, -0.1) is 0 Å². The number of rotatable bonds is 5. The molecule has 2 saturated heterocycles. The van der Waals surface area contributed by atoms with Crippen LogP contribution < -0.4 is 4.74 Å². The van der Waals surface area contributed by atoms with Crippen molar-refractivity contribution < 1.29 is 19.0 Å². The second-order valence-electron chi connectivity index (χ2n) is 11.1. The number of aromatic nitrogens is 2. The summed E-state index contributed by atoms with van der Waals surface area (Å²) < 4.78 is 20.4. The largest absolute Gasteiger partial charge is 0.496 e. The molecular weight excluding hydrogens is 595 g/mol. The van der Waals surface area contributed by atoms with E-state index in [4.69, 9.17) is 19.3 Å². The summed E-state index contributed by atoms with van der Waals surface area (Å²) in [5.41, 5.74) is 3.99. The highest BCUT2D eigenvalue weighted by molar-refractivity contribution is 14.1. The summed E-state index contributed by atoms with van der Waals surface area (Å²) in [6.07, 6.45) is 3.07. The van der Waals surface area contributed by atoms with Gasteiger partial charge in [0.15, 0.2) is 6.23 Å². The van der Waals surface area contributed by atoms with Crippen LogP contribution in [0.5, 0.6) is 5.75 Å². The van der Waals surface area contributed by atoms with E-state index in [1.807, 2.05) is 25.5 Å². The lowest BCUT2D eigenvalue weighted by Crippen LogP contribution is -2.49. The van der Waals surface area contributed by atoms with Crippen molar-refractivity contribution in [1.82, 2.24) is 19.6 Å². The first-order valence-corrected chi connectivity index (χ1v) is 14.5. The molecule has 3 aromatic rings. The van der Waals surface area contributed by atoms with Gasteiger partial charge in [0.05, 0.1) is 12.6 Å². The van der Waals surface area contributed by atoms with Crippen molar-refractivity contribution in [3.05, 3.63) is 45.7 Å². The van der Waals surface area contributed by atoms with E-state index in [2.05, 4.69) is 63.9 Å². The number of benzene rings is 2. The maximum Gasteiger partial charge on any atom is 0.410 e. The minimum Gasteiger partial charge on any atom is -0.496 e. The van der Waals surface area contributed by atoms with Gasteiger partial charge >= 0.3 is 6.09 Å². The van der Waals surface area contributed by atoms with E-state index in [-0.39, 0.29) is 12.3 Å². The number of ether oxygens (including phenoxy) is 3. The van der Waals surface area contributed by atoms with Gasteiger partial charge in [-0.25, -0.2) is 9.48 Å². The summed E-state index contributed by atoms with van der Waals surface area (Å²) in [6.45, 7) is 10.3. The van der Waals surface area contributed by atoms with Crippen LogP contribution in [0.4, 0.5) is 4.79 Å². The van der Waals surface area contributed by atoms with Crippen LogP contribution >= 0.6 is 22.6 Å². The molecule has 9 heteroatoms. The monoisotopic (exact) mass is 632 g/mol. The summed E-state index contributed by atoms with van der Waals surface area (Å²) in [4.78, 5) is 16.5. The smallest absolute Gasteiger partial charge is 0.410 e. The Bertz CT molecular complexity index is 1290. The number of fused-ring (bicyclic) bond motifs is 1. The van der Waals surface area contributed by atoms with Crippen molar-refractivity contribution in [3.8, 4) is 16.9 Å². The standard InChI is InChI=1S/C29H37IN4O4/c1-29(2,3)38-28(35)33-14-12-32(13-15-33)19-20-8-10-22(25(17-20)36-4)21-9-11-24-23(18-21)27(30)31-34(24)26-7-5-6-16-37-26/h8-11,17-18,26H,5-7,12-16,19H2,1-4H3. The molecule has 2 fully saturated rings. The summed E-state index contributed by atoms with van der Waals surface area (Å²) in [7, 11) is 1.73. The topological polar surface area (TPSA) is 69.1 Å². The normalized spacial score (nSPS) is 19.1. The minimum absolute atomic E-state index is 0.0143. The van der Waals surface area contributed by atoms with Gasteiger partial charge in [0.2, 0.25) is 0 Å². The minimum atomic E-state index is -0.473. The van der Waals surface area contributed by atoms with Crippen LogP contribution in [-0.4, -0.2) is 71.2 Å². The van der Waals surface area contributed by atoms with Gasteiger partial charge in [-0.3, -0.25) is 4.90 Å². The van der Waals surface area contributed by atoms with Crippen molar-refractivity contribution in [1.29, 1.82) is 0 Å². The Morgan fingerprint density at radius 1 is 1.11 bits per heavy atom. The van der Waals surface area contributed by atoms with Gasteiger partial charge in [-0.05, 0) is 92.0 Å². The molecule has 0 N–H and O–H groups in total. The zero-order valence-electron chi connectivity index (χ0n) is 22.7. The Hall–Kier alpha value is -2.37. The molecule has 0 radical (unpaired) electrons. The molecule has 1 aromatic heterocycles. The first-order chi connectivity index (χ1) is 18.2. The van der Waals surface area contributed by atoms with E-state index in [1.165, 1.54) is 12.0 Å². The number of piperazine rings is 1. The first-order valence-electron chi connectivity index (χ1n) is 13.4. The molecule has 0 spiro atoms. The van der Waals surface area contributed by atoms with E-state index in [0.29, 0.717) is 13.1 Å². The number of nitrogens with zero attached hydrogens (tertiary/aromatic N) is 4. The molecule has 204 valence electrons. The highest BCUT2D eigenvalue weighted by atomic mass is 127. The molecule has 3 heterocycles. The van der Waals surface area contributed by atoms with Gasteiger partial charge in [0.1, 0.15) is 15.1 Å². The van der Waals surface area contributed by atoms with Gasteiger partial charge in [0, 0.05) is 50.3 Å². The third-order valence-corrected chi connectivity index (χ3v) is 7.89. The van der Waals surface area contributed by atoms with Crippen LogP contribution in [0.3, 0.4) is 0 Å². The summed E-state index contributed by atoms with van der Waals surface area (Å²) >= 11 is 2.32. The van der Waals surface area contributed by atoms with Crippen molar-refractivity contribution in [3.63, 3.8) is 0 Å². The average molecular weight is 633 g/mol. The fourth-order valence-corrected chi connectivity index (χ4v) is 5.82. The third kappa shape index (κ3) is 6.10. The molecule has 2 aliphatic heterocycles. The lowest BCUT2D eigenvalue weighted by atomic mass is 10.0. The van der Waals surface area contributed by atoms with Crippen LogP contribution in [0.15, 0.2) is 36.4 Å². The maximum atomic E-state index is 12.4. The lowest BCUT2D eigenvalue weighted by molar-refractivity contribution is -0.0368. The number of hydrogen-bond acceptors (Lipinski definition) is 6. The molecule has 5 rings (SSSR count). The van der Waals surface area contributed by atoms with Crippen molar-refractivity contribution in [2.75, 3.05) is 39.9 Å². The lowest BCUT2D eigenvalue weighted by Gasteiger charge is -2.35. The van der Waals surface area contributed by atoms with E-state index >= 15 is 0 Å². The Morgan fingerprint density at radius 3 is 2.58 bits per heavy atom. The van der Waals surface area contributed by atoms with Crippen LogP contribution in [0.1, 0.15) is 51.8 Å². The maximum absolute atomic E-state index is 12.4. The molecule has 1 amide bonds. The average Bonchev–Trinajstić information content (AvgIpc) is 3.24. The Kier molecular flexibility index (Phi) is 8.16. The van der Waals surface area contributed by atoms with Crippen molar-refractivity contribution >= 4 is 39.6 Å². The van der Waals surface area contributed by atoms with Crippen LogP contribution in [-0.2, 0) is 16.0 Å². The predicted octanol–water partition coefficient (Wildman–Crippen LogP) is 6.07. The molecule has 8 nitrogen and oxygen atoms in total. The Labute approximate surface area is 238 Å². The van der Waals surface area contributed by atoms with Gasteiger partial charge < -0.3 is 19.1 Å². The second kappa shape index (κ2) is 11.4. The van der Waals surface area contributed by atoms with Crippen molar-refractivity contribution in [2.24, 2.45) is 0 Å². The summed E-state index contributed by atoms with van der Waals surface area (Å²) in [6, 6.07) is 12.9. The fourth-order valence-electron chi connectivity index (χ4n) is 5.15. The number of carbonyl (C=O) groups excluding carboxylic acids is 1. The Morgan fingerprint density at radius 2 is 1.89 bits per heavy atom. The highest BCUT2D eigenvalue weighted by Crippen LogP contribution is 2.36. The van der Waals surface area contributed by atoms with Gasteiger partial charge in [-0.2, -0.15) is 5.10 Å². The van der Waals surface area contributed by atoms with Gasteiger partial charge in [0.25, 0.3) is 0 Å². The number of amides is 1. The summed E-state index contributed by atoms with van der Waals surface area (Å²) in [5, 5.41) is 5.94. The number of carbonyl (C=O) groups is 1. The highest BCUT2D eigenvalue weighted by Gasteiger charge is 2.26. The predicted molar refractivity (Wildman–Crippen MR) is 156 cm³/mol. The van der Waals surface area contributed by atoms with Gasteiger partial charge in [-0.1, -0.05) is 18.2 Å². The zero-order chi connectivity index (χ0) is 26.9. The second-order valence-corrected chi connectivity index (χ2v) is 12.1. The molecule has 1 unspecified atom stereocenters. The van der Waals surface area contributed by atoms with E-state index in [1.54, 1.807) is 12.0 Å². The van der Waals surface area contributed by atoms with E-state index in [0.717, 1.165) is 70.6 Å². The zero-order valence-corrected chi connectivity index (χ0v) is 24.9. The van der Waals surface area contributed by atoms with E-state index in [9.17, 15) is 4.79 Å². The first kappa shape index (κ1) is 27.2. The molecular formula is C29H37IN4O4. The molecule has 1 atom stereocenters. The number of halogens is 1. The van der Waals surface area contributed by atoms with Crippen LogP contribution in [0, 0.1) is 3.70 Å². The molecule has 2 aliphatic rings.